The molecule has 0 spiro atoms. The molecule has 0 radical (unpaired) electrons. The summed E-state index contributed by atoms with van der Waals surface area (Å²) in [5.74, 6) is -2.36. The van der Waals surface area contributed by atoms with Crippen molar-refractivity contribution in [1.82, 2.24) is 10.2 Å². The van der Waals surface area contributed by atoms with Gasteiger partial charge in [-0.25, -0.2) is 13.2 Å². The molecule has 1 atom stereocenters. The molecule has 3 rings (SSSR count). The minimum Gasteiger partial charge on any atom is -0.323 e. The summed E-state index contributed by atoms with van der Waals surface area (Å²) in [5, 5.41) is 2.30. The lowest BCUT2D eigenvalue weighted by Crippen LogP contribution is -2.44. The Labute approximate surface area is 188 Å². The SMILES string of the molecule is Cc1c(C(F)NC(=O)CC2CCC(c3ccccc3)(N(C)C)CC2)ccc(F)c1F.Cl. The summed E-state index contributed by atoms with van der Waals surface area (Å²) in [7, 11) is 4.16. The number of alkyl halides is 1. The predicted molar refractivity (Wildman–Crippen MR) is 119 cm³/mol. The van der Waals surface area contributed by atoms with Crippen molar-refractivity contribution >= 4 is 18.3 Å². The van der Waals surface area contributed by atoms with Gasteiger partial charge in [0.25, 0.3) is 0 Å². The number of carbonyl (C=O) groups is 1. The summed E-state index contributed by atoms with van der Waals surface area (Å²) in [6, 6.07) is 12.4. The zero-order chi connectivity index (χ0) is 21.9. The highest BCUT2D eigenvalue weighted by Gasteiger charge is 2.39. The number of carbonyl (C=O) groups excluding carboxylic acids is 1. The van der Waals surface area contributed by atoms with Crippen molar-refractivity contribution < 1.29 is 18.0 Å². The van der Waals surface area contributed by atoms with Gasteiger partial charge >= 0.3 is 0 Å². The molecular weight excluding hydrogens is 425 g/mol. The molecule has 31 heavy (non-hydrogen) atoms. The minimum atomic E-state index is -1.86. The number of hydrogen-bond donors (Lipinski definition) is 1. The van der Waals surface area contributed by atoms with Gasteiger partial charge in [-0.1, -0.05) is 36.4 Å². The van der Waals surface area contributed by atoms with Crippen molar-refractivity contribution in [2.45, 2.75) is 50.9 Å². The van der Waals surface area contributed by atoms with E-state index in [2.05, 4.69) is 36.4 Å². The van der Waals surface area contributed by atoms with Gasteiger partial charge < -0.3 is 5.32 Å². The Morgan fingerprint density at radius 1 is 1.13 bits per heavy atom. The fourth-order valence-corrected chi connectivity index (χ4v) is 4.58. The largest absolute Gasteiger partial charge is 0.323 e. The minimum absolute atomic E-state index is 0. The number of nitrogens with one attached hydrogen (secondary N) is 1. The second-order valence-electron chi connectivity index (χ2n) is 8.45. The van der Waals surface area contributed by atoms with E-state index in [1.807, 2.05) is 18.2 Å². The summed E-state index contributed by atoms with van der Waals surface area (Å²) < 4.78 is 41.5. The molecule has 1 fully saturated rings. The monoisotopic (exact) mass is 454 g/mol. The summed E-state index contributed by atoms with van der Waals surface area (Å²) in [5.41, 5.74) is 1.04. The van der Waals surface area contributed by atoms with E-state index in [9.17, 15) is 18.0 Å². The second-order valence-corrected chi connectivity index (χ2v) is 8.45. The number of nitrogens with zero attached hydrogens (tertiary/aromatic N) is 1. The highest BCUT2D eigenvalue weighted by Crippen LogP contribution is 2.43. The second kappa shape index (κ2) is 10.5. The van der Waals surface area contributed by atoms with Gasteiger partial charge in [-0.2, -0.15) is 0 Å². The molecule has 1 aliphatic rings. The summed E-state index contributed by atoms with van der Waals surface area (Å²) in [6.45, 7) is 1.30. The third kappa shape index (κ3) is 5.42. The quantitative estimate of drug-likeness (QED) is 0.558. The number of amides is 1. The molecule has 0 saturated heterocycles. The van der Waals surface area contributed by atoms with E-state index in [1.165, 1.54) is 18.6 Å². The Morgan fingerprint density at radius 3 is 2.32 bits per heavy atom. The molecule has 0 aliphatic heterocycles. The van der Waals surface area contributed by atoms with E-state index < -0.39 is 23.8 Å². The van der Waals surface area contributed by atoms with Crippen molar-refractivity contribution in [1.29, 1.82) is 0 Å². The highest BCUT2D eigenvalue weighted by atomic mass is 35.5. The lowest BCUT2D eigenvalue weighted by atomic mass is 9.71. The Hall–Kier alpha value is -2.05. The number of hydrogen-bond acceptors (Lipinski definition) is 2. The van der Waals surface area contributed by atoms with Gasteiger partial charge in [-0.3, -0.25) is 9.69 Å². The van der Waals surface area contributed by atoms with Gasteiger partial charge in [0.05, 0.1) is 0 Å². The molecule has 7 heteroatoms. The predicted octanol–water partition coefficient (Wildman–Crippen LogP) is 5.82. The lowest BCUT2D eigenvalue weighted by molar-refractivity contribution is -0.124. The summed E-state index contributed by atoms with van der Waals surface area (Å²) >= 11 is 0. The van der Waals surface area contributed by atoms with Crippen LogP contribution in [-0.2, 0) is 10.3 Å². The van der Waals surface area contributed by atoms with Crippen molar-refractivity contribution in [3.8, 4) is 0 Å². The normalized spacial score (nSPS) is 22.0. The molecule has 0 heterocycles. The molecular formula is C24H30ClF3N2O. The van der Waals surface area contributed by atoms with E-state index >= 15 is 0 Å². The Balaban J connectivity index is 0.00000341. The van der Waals surface area contributed by atoms with Crippen LogP contribution in [0.1, 0.15) is 55.1 Å². The van der Waals surface area contributed by atoms with Crippen LogP contribution in [-0.4, -0.2) is 24.9 Å². The van der Waals surface area contributed by atoms with Crippen molar-refractivity contribution in [2.75, 3.05) is 14.1 Å². The first-order valence-corrected chi connectivity index (χ1v) is 10.4. The summed E-state index contributed by atoms with van der Waals surface area (Å²) in [6.07, 6.45) is 1.93. The van der Waals surface area contributed by atoms with Crippen LogP contribution in [0.3, 0.4) is 0 Å². The highest BCUT2D eigenvalue weighted by molar-refractivity contribution is 5.85. The third-order valence-corrected chi connectivity index (χ3v) is 6.52. The molecule has 1 N–H and O–H groups in total. The zero-order valence-electron chi connectivity index (χ0n) is 18.1. The fourth-order valence-electron chi connectivity index (χ4n) is 4.58. The third-order valence-electron chi connectivity index (χ3n) is 6.52. The van der Waals surface area contributed by atoms with Crippen LogP contribution in [0.25, 0.3) is 0 Å². The maximum Gasteiger partial charge on any atom is 0.222 e. The van der Waals surface area contributed by atoms with E-state index in [0.717, 1.165) is 31.7 Å². The molecule has 1 amide bonds. The van der Waals surface area contributed by atoms with Crippen LogP contribution >= 0.6 is 12.4 Å². The van der Waals surface area contributed by atoms with Gasteiger partial charge in [-0.05, 0) is 69.8 Å². The maximum absolute atomic E-state index is 14.5. The average molecular weight is 455 g/mol. The first-order chi connectivity index (χ1) is 14.2. The molecule has 1 aliphatic carbocycles. The summed E-state index contributed by atoms with van der Waals surface area (Å²) in [4.78, 5) is 14.6. The molecule has 2 aromatic rings. The van der Waals surface area contributed by atoms with Crippen LogP contribution in [0, 0.1) is 24.5 Å². The van der Waals surface area contributed by atoms with E-state index in [0.29, 0.717) is 0 Å². The Morgan fingerprint density at radius 2 is 1.74 bits per heavy atom. The van der Waals surface area contributed by atoms with Crippen molar-refractivity contribution in [2.24, 2.45) is 5.92 Å². The van der Waals surface area contributed by atoms with E-state index in [4.69, 9.17) is 0 Å². The molecule has 1 saturated carbocycles. The van der Waals surface area contributed by atoms with E-state index in [-0.39, 0.29) is 41.4 Å². The smallest absolute Gasteiger partial charge is 0.222 e. The molecule has 0 bridgehead atoms. The van der Waals surface area contributed by atoms with Crippen LogP contribution in [0.2, 0.25) is 0 Å². The maximum atomic E-state index is 14.5. The standard InChI is InChI=1S/C24H29F3N2O.ClH/c1-16-19(9-10-20(25)22(16)26)23(27)28-21(30)15-17-11-13-24(14-12-17,29(2)3)18-7-5-4-6-8-18;/h4-10,17,23H,11-15H2,1-3H3,(H,28,30);1H. The van der Waals surface area contributed by atoms with Gasteiger partial charge in [0.15, 0.2) is 17.9 Å². The zero-order valence-corrected chi connectivity index (χ0v) is 18.9. The fraction of sp³-hybridized carbons (Fsp3) is 0.458. The van der Waals surface area contributed by atoms with Gasteiger partial charge in [-0.15, -0.1) is 12.4 Å². The molecule has 2 aromatic carbocycles. The van der Waals surface area contributed by atoms with Crippen LogP contribution in [0.5, 0.6) is 0 Å². The lowest BCUT2D eigenvalue weighted by Gasteiger charge is -2.45. The number of benzene rings is 2. The van der Waals surface area contributed by atoms with Gasteiger partial charge in [0.1, 0.15) is 0 Å². The molecule has 1 unspecified atom stereocenters. The molecule has 170 valence electrons. The molecule has 3 nitrogen and oxygen atoms in total. The van der Waals surface area contributed by atoms with Crippen LogP contribution in [0.4, 0.5) is 13.2 Å². The van der Waals surface area contributed by atoms with Crippen LogP contribution in [0.15, 0.2) is 42.5 Å². The van der Waals surface area contributed by atoms with Gasteiger partial charge in [0, 0.05) is 17.5 Å². The Kier molecular flexibility index (Phi) is 8.55. The number of rotatable bonds is 6. The first kappa shape index (κ1) is 25.2. The first-order valence-electron chi connectivity index (χ1n) is 10.4. The average Bonchev–Trinajstić information content (AvgIpc) is 2.73. The van der Waals surface area contributed by atoms with Crippen molar-refractivity contribution in [3.63, 3.8) is 0 Å². The van der Waals surface area contributed by atoms with Crippen LogP contribution < -0.4 is 5.32 Å². The number of halogens is 4. The van der Waals surface area contributed by atoms with Gasteiger partial charge in [0.2, 0.25) is 5.91 Å². The molecule has 0 aromatic heterocycles. The Bertz CT molecular complexity index is 884. The van der Waals surface area contributed by atoms with E-state index in [1.54, 1.807) is 0 Å². The topological polar surface area (TPSA) is 32.3 Å². The van der Waals surface area contributed by atoms with Crippen molar-refractivity contribution in [3.05, 3.63) is 70.8 Å².